The zero-order valence-corrected chi connectivity index (χ0v) is 21.2. The van der Waals surface area contributed by atoms with E-state index in [0.29, 0.717) is 6.04 Å². The maximum Gasteiger partial charge on any atom is 0.139 e. The highest BCUT2D eigenvalue weighted by Gasteiger charge is 2.30. The van der Waals surface area contributed by atoms with E-state index >= 15 is 0 Å². The summed E-state index contributed by atoms with van der Waals surface area (Å²) in [6.45, 7) is 4.93. The van der Waals surface area contributed by atoms with Gasteiger partial charge in [-0.25, -0.2) is 9.38 Å². The van der Waals surface area contributed by atoms with Gasteiger partial charge in [-0.3, -0.25) is 4.90 Å². The van der Waals surface area contributed by atoms with Crippen LogP contribution >= 0.6 is 36.2 Å². The molecular weight excluding hydrogens is 478 g/mol. The van der Waals surface area contributed by atoms with Gasteiger partial charge in [0, 0.05) is 30.6 Å². The summed E-state index contributed by atoms with van der Waals surface area (Å²) in [6.07, 6.45) is 1.67. The number of amidine groups is 1. The number of likely N-dealkylation sites (N-methyl/N-ethyl adjacent to an activating group) is 1. The number of thiophene rings is 1. The topological polar surface area (TPSA) is 30.9 Å². The van der Waals surface area contributed by atoms with Crippen molar-refractivity contribution in [3.05, 3.63) is 76.4 Å². The Morgan fingerprint density at radius 1 is 1.09 bits per heavy atom. The maximum atomic E-state index is 14.1. The van der Waals surface area contributed by atoms with Gasteiger partial charge in [0.1, 0.15) is 16.7 Å². The van der Waals surface area contributed by atoms with E-state index in [9.17, 15) is 4.39 Å². The van der Waals surface area contributed by atoms with Crippen LogP contribution in [0.1, 0.15) is 22.4 Å². The Morgan fingerprint density at radius 3 is 2.67 bits per heavy atom. The summed E-state index contributed by atoms with van der Waals surface area (Å²) in [5.41, 5.74) is 4.00. The van der Waals surface area contributed by atoms with Gasteiger partial charge in [0.2, 0.25) is 0 Å². The Balaban J connectivity index is 0.00000153. The van der Waals surface area contributed by atoms with Crippen molar-refractivity contribution >= 4 is 58.4 Å². The zero-order valence-electron chi connectivity index (χ0n) is 18.8. The van der Waals surface area contributed by atoms with Crippen molar-refractivity contribution in [3.63, 3.8) is 0 Å². The summed E-state index contributed by atoms with van der Waals surface area (Å²) in [5, 5.41) is 4.75. The molecule has 0 amide bonds. The average Bonchev–Trinajstić information content (AvgIpc) is 3.06. The summed E-state index contributed by atoms with van der Waals surface area (Å²) in [7, 11) is 2.18. The molecule has 33 heavy (non-hydrogen) atoms. The molecule has 3 heterocycles. The molecule has 0 bridgehead atoms. The number of piperazine rings is 1. The molecule has 0 aliphatic carbocycles. The first kappa shape index (κ1) is 25.5. The smallest absolute Gasteiger partial charge is 0.139 e. The molecule has 2 aliphatic heterocycles. The first-order valence-electron chi connectivity index (χ1n) is 10.8. The highest BCUT2D eigenvalue weighted by atomic mass is 35.5. The third kappa shape index (κ3) is 5.35. The summed E-state index contributed by atoms with van der Waals surface area (Å²) in [5.74, 6) is 0.938. The predicted molar refractivity (Wildman–Crippen MR) is 142 cm³/mol. The summed E-state index contributed by atoms with van der Waals surface area (Å²) >= 11 is 1.77. The third-order valence-corrected chi connectivity index (χ3v) is 7.22. The van der Waals surface area contributed by atoms with Gasteiger partial charge in [0.25, 0.3) is 0 Å². The van der Waals surface area contributed by atoms with Crippen molar-refractivity contribution in [2.24, 2.45) is 4.99 Å². The summed E-state index contributed by atoms with van der Waals surface area (Å²) in [4.78, 5) is 11.2. The maximum absolute atomic E-state index is 14.1. The molecule has 0 unspecified atom stereocenters. The van der Waals surface area contributed by atoms with Gasteiger partial charge >= 0.3 is 0 Å². The number of fused-ring (bicyclic) bond motifs is 2. The molecule has 8 heteroatoms. The molecule has 3 aromatic rings. The Kier molecular flexibility index (Phi) is 8.40. The van der Waals surface area contributed by atoms with E-state index in [1.54, 1.807) is 23.5 Å². The molecule has 0 radical (unpaired) electrons. The fourth-order valence-corrected chi connectivity index (χ4v) is 5.38. The number of hydrogen-bond donors (Lipinski definition) is 1. The molecule has 0 saturated carbocycles. The molecule has 2 aromatic carbocycles. The molecular formula is C25H29Cl2FN4S. The van der Waals surface area contributed by atoms with Crippen LogP contribution in [0.15, 0.2) is 59.6 Å². The van der Waals surface area contributed by atoms with E-state index < -0.39 is 0 Å². The molecule has 0 spiro atoms. The van der Waals surface area contributed by atoms with E-state index in [4.69, 9.17) is 4.99 Å². The second-order valence-electron chi connectivity index (χ2n) is 8.39. The minimum atomic E-state index is -0.105. The van der Waals surface area contributed by atoms with Crippen LogP contribution < -0.4 is 5.32 Å². The average molecular weight is 508 g/mol. The Morgan fingerprint density at radius 2 is 1.85 bits per heavy atom. The van der Waals surface area contributed by atoms with E-state index in [0.717, 1.165) is 60.3 Å². The van der Waals surface area contributed by atoms with E-state index in [1.807, 2.05) is 24.3 Å². The first-order valence-corrected chi connectivity index (χ1v) is 11.6. The molecule has 2 aliphatic rings. The van der Waals surface area contributed by atoms with Crippen LogP contribution in [0.2, 0.25) is 0 Å². The normalized spacial score (nSPS) is 17.5. The van der Waals surface area contributed by atoms with Gasteiger partial charge in [-0.2, -0.15) is 0 Å². The number of benzene rings is 2. The lowest BCUT2D eigenvalue weighted by atomic mass is 10.0. The van der Waals surface area contributed by atoms with E-state index in [-0.39, 0.29) is 30.6 Å². The summed E-state index contributed by atoms with van der Waals surface area (Å²) in [6, 6.07) is 17.9. The van der Waals surface area contributed by atoms with Crippen molar-refractivity contribution in [1.82, 2.24) is 9.80 Å². The van der Waals surface area contributed by atoms with Crippen molar-refractivity contribution in [1.29, 1.82) is 0 Å². The largest absolute Gasteiger partial charge is 0.353 e. The SMILES string of the molecule is Cc1cc2c(s1)Nc1ccccc1N=C2N1CCN(C)[C@@H](CCc2ccccc2F)C1.Cl.Cl. The number of halogens is 3. The van der Waals surface area contributed by atoms with E-state index in [2.05, 4.69) is 47.3 Å². The number of hydrogen-bond acceptors (Lipinski definition) is 5. The van der Waals surface area contributed by atoms with Crippen LogP contribution in [0, 0.1) is 12.7 Å². The standard InChI is InChI=1S/C25H27FN4S.2ClH/c1-17-15-20-24(27-22-9-5-6-10-23(22)28-25(20)31-17)30-14-13-29(2)19(16-30)12-11-18-7-3-4-8-21(18)26;;/h3-10,15,19,28H,11-14,16H2,1-2H3;2*1H/t19-;;/m0../s1. The number of nitrogens with one attached hydrogen (secondary N) is 1. The first-order chi connectivity index (χ1) is 15.1. The fourth-order valence-electron chi connectivity index (χ4n) is 4.46. The lowest BCUT2D eigenvalue weighted by molar-refractivity contribution is 0.134. The van der Waals surface area contributed by atoms with Crippen LogP contribution in [-0.2, 0) is 6.42 Å². The van der Waals surface area contributed by atoms with Gasteiger partial charge in [-0.1, -0.05) is 30.3 Å². The van der Waals surface area contributed by atoms with Crippen molar-refractivity contribution in [2.45, 2.75) is 25.8 Å². The van der Waals surface area contributed by atoms with Crippen LogP contribution in [0.4, 0.5) is 20.8 Å². The van der Waals surface area contributed by atoms with Gasteiger partial charge in [0.15, 0.2) is 0 Å². The molecule has 1 atom stereocenters. The van der Waals surface area contributed by atoms with E-state index in [1.165, 1.54) is 10.4 Å². The number of para-hydroxylation sites is 2. The molecule has 1 saturated heterocycles. The Hall–Kier alpha value is -2.12. The second kappa shape index (κ2) is 10.9. The van der Waals surface area contributed by atoms with Crippen LogP contribution in [0.25, 0.3) is 0 Å². The predicted octanol–water partition coefficient (Wildman–Crippen LogP) is 6.42. The molecule has 1 fully saturated rings. The minimum absolute atomic E-state index is 0. The van der Waals surface area contributed by atoms with Gasteiger partial charge in [0.05, 0.1) is 16.9 Å². The number of rotatable bonds is 3. The van der Waals surface area contributed by atoms with Crippen molar-refractivity contribution < 1.29 is 4.39 Å². The monoisotopic (exact) mass is 506 g/mol. The molecule has 1 aromatic heterocycles. The molecule has 4 nitrogen and oxygen atoms in total. The zero-order chi connectivity index (χ0) is 21.4. The van der Waals surface area contributed by atoms with Gasteiger partial charge < -0.3 is 10.2 Å². The molecule has 5 rings (SSSR count). The van der Waals surface area contributed by atoms with Crippen molar-refractivity contribution in [2.75, 3.05) is 32.0 Å². The van der Waals surface area contributed by atoms with Gasteiger partial charge in [-0.15, -0.1) is 36.2 Å². The Labute approximate surface area is 211 Å². The number of aliphatic imine (C=N–C) groups is 1. The second-order valence-corrected chi connectivity index (χ2v) is 9.64. The van der Waals surface area contributed by atoms with Crippen LogP contribution in [0.5, 0.6) is 0 Å². The van der Waals surface area contributed by atoms with Crippen LogP contribution in [0.3, 0.4) is 0 Å². The lowest BCUT2D eigenvalue weighted by Gasteiger charge is -2.41. The lowest BCUT2D eigenvalue weighted by Crippen LogP contribution is -2.53. The minimum Gasteiger partial charge on any atom is -0.353 e. The number of nitrogens with zero attached hydrogens (tertiary/aromatic N) is 3. The van der Waals surface area contributed by atoms with Crippen LogP contribution in [-0.4, -0.2) is 48.4 Å². The van der Waals surface area contributed by atoms with Gasteiger partial charge in [-0.05, 0) is 56.6 Å². The number of aryl methyl sites for hydroxylation is 2. The molecule has 176 valence electrons. The summed E-state index contributed by atoms with van der Waals surface area (Å²) < 4.78 is 14.1. The Bertz CT molecular complexity index is 1130. The van der Waals surface area contributed by atoms with Crippen molar-refractivity contribution in [3.8, 4) is 0 Å². The fraction of sp³-hybridized carbons (Fsp3) is 0.320. The molecule has 1 N–H and O–H groups in total. The quantitative estimate of drug-likeness (QED) is 0.444. The highest BCUT2D eigenvalue weighted by Crippen LogP contribution is 2.39. The highest BCUT2D eigenvalue weighted by molar-refractivity contribution is 7.16. The number of anilines is 2. The third-order valence-electron chi connectivity index (χ3n) is 6.26.